The first-order valence-electron chi connectivity index (χ1n) is 9.85. The quantitative estimate of drug-likeness (QED) is 0.157. The van der Waals surface area contributed by atoms with E-state index in [-0.39, 0.29) is 6.29 Å². The van der Waals surface area contributed by atoms with E-state index in [4.69, 9.17) is 4.84 Å². The van der Waals surface area contributed by atoms with Gasteiger partial charge in [-0.3, -0.25) is 4.79 Å². The molecule has 0 aliphatic heterocycles. The van der Waals surface area contributed by atoms with E-state index in [2.05, 4.69) is 34.7 Å². The number of rotatable bonds is 10. The maximum absolute atomic E-state index is 11.5. The van der Waals surface area contributed by atoms with Gasteiger partial charge in [-0.05, 0) is 41.8 Å². The van der Waals surface area contributed by atoms with Gasteiger partial charge >= 0.3 is 5.97 Å². The highest BCUT2D eigenvalue weighted by Crippen LogP contribution is 2.15. The monoisotopic (exact) mass is 455 g/mol. The summed E-state index contributed by atoms with van der Waals surface area (Å²) in [6.07, 6.45) is 5.97. The van der Waals surface area contributed by atoms with Gasteiger partial charge in [0.05, 0.1) is 13.1 Å². The number of carbonyl (C=O) groups is 2. The zero-order valence-electron chi connectivity index (χ0n) is 16.7. The second-order valence-electron chi connectivity index (χ2n) is 6.76. The van der Waals surface area contributed by atoms with Gasteiger partial charge in [-0.25, -0.2) is 4.79 Å². The number of aldehydes is 1. The number of hydrogen-bond donors (Lipinski definition) is 0. The van der Waals surface area contributed by atoms with Crippen LogP contribution in [0.4, 0.5) is 0 Å². The average molecular weight is 456 g/mol. The van der Waals surface area contributed by atoms with Gasteiger partial charge in [-0.15, -0.1) is 5.06 Å². The smallest absolute Gasteiger partial charge is 0.361 e. The summed E-state index contributed by atoms with van der Waals surface area (Å²) in [7, 11) is 0. The number of benzene rings is 2. The van der Waals surface area contributed by atoms with Crippen molar-refractivity contribution in [3.63, 3.8) is 0 Å². The summed E-state index contributed by atoms with van der Waals surface area (Å²) < 4.78 is 0.972. The Morgan fingerprint density at radius 1 is 1.00 bits per heavy atom. The molecule has 4 nitrogen and oxygen atoms in total. The first-order valence-corrected chi connectivity index (χ1v) is 10.6. The summed E-state index contributed by atoms with van der Waals surface area (Å²) in [5, 5.41) is 1.48. The molecular formula is C24H26BrNO3. The number of hydrogen-bond acceptors (Lipinski definition) is 4. The minimum Gasteiger partial charge on any atom is -0.361 e. The Morgan fingerprint density at radius 2 is 1.62 bits per heavy atom. The lowest BCUT2D eigenvalue weighted by Crippen LogP contribution is -2.27. The van der Waals surface area contributed by atoms with Crippen molar-refractivity contribution in [2.75, 3.05) is 0 Å². The van der Waals surface area contributed by atoms with Crippen LogP contribution in [0, 0.1) is 11.8 Å². The molecule has 0 bridgehead atoms. The van der Waals surface area contributed by atoms with Crippen molar-refractivity contribution in [1.29, 1.82) is 0 Å². The molecule has 0 unspecified atom stereocenters. The SMILES string of the molecule is CCCCCCC#Cc1ccc(CN(Cc2ccc(Br)cc2)OC(=O)C=O)cc1. The van der Waals surface area contributed by atoms with Crippen molar-refractivity contribution >= 4 is 28.2 Å². The van der Waals surface area contributed by atoms with Gasteiger partial charge in [-0.2, -0.15) is 0 Å². The van der Waals surface area contributed by atoms with E-state index in [0.29, 0.717) is 13.1 Å². The van der Waals surface area contributed by atoms with E-state index in [1.165, 1.54) is 24.3 Å². The largest absolute Gasteiger partial charge is 0.390 e. The molecule has 0 N–H and O–H groups in total. The molecule has 0 atom stereocenters. The van der Waals surface area contributed by atoms with Crippen molar-refractivity contribution < 1.29 is 14.4 Å². The van der Waals surface area contributed by atoms with Crippen molar-refractivity contribution in [2.45, 2.75) is 52.1 Å². The number of halogens is 1. The molecule has 2 rings (SSSR count). The van der Waals surface area contributed by atoms with Crippen LogP contribution in [-0.4, -0.2) is 17.3 Å². The topological polar surface area (TPSA) is 46.6 Å². The zero-order chi connectivity index (χ0) is 20.9. The maximum atomic E-state index is 11.5. The number of hydroxylamine groups is 2. The van der Waals surface area contributed by atoms with E-state index in [9.17, 15) is 9.59 Å². The van der Waals surface area contributed by atoms with Gasteiger partial charge in [0.1, 0.15) is 0 Å². The van der Waals surface area contributed by atoms with Gasteiger partial charge in [0, 0.05) is 16.5 Å². The molecule has 152 valence electrons. The second-order valence-corrected chi connectivity index (χ2v) is 7.68. The van der Waals surface area contributed by atoms with Crippen LogP contribution in [0.25, 0.3) is 0 Å². The molecule has 0 radical (unpaired) electrons. The molecule has 0 aliphatic carbocycles. The molecule has 29 heavy (non-hydrogen) atoms. The second kappa shape index (κ2) is 12.9. The third-order valence-electron chi connectivity index (χ3n) is 4.29. The molecule has 0 aromatic heterocycles. The summed E-state index contributed by atoms with van der Waals surface area (Å²) in [5.41, 5.74) is 2.90. The first kappa shape index (κ1) is 22.9. The number of carbonyl (C=O) groups excluding carboxylic acids is 2. The highest BCUT2D eigenvalue weighted by atomic mass is 79.9. The molecule has 0 heterocycles. The minimum atomic E-state index is -0.910. The summed E-state index contributed by atoms with van der Waals surface area (Å²) >= 11 is 3.40. The third-order valence-corrected chi connectivity index (χ3v) is 4.82. The lowest BCUT2D eigenvalue weighted by molar-refractivity contribution is -0.195. The van der Waals surface area contributed by atoms with Crippen LogP contribution < -0.4 is 0 Å². The molecule has 0 aliphatic rings. The molecule has 2 aromatic carbocycles. The summed E-state index contributed by atoms with van der Waals surface area (Å²) in [6.45, 7) is 2.96. The molecule has 0 fully saturated rings. The van der Waals surface area contributed by atoms with Gasteiger partial charge in [0.25, 0.3) is 0 Å². The van der Waals surface area contributed by atoms with E-state index in [1.54, 1.807) is 0 Å². The zero-order valence-corrected chi connectivity index (χ0v) is 18.3. The van der Waals surface area contributed by atoms with Gasteiger partial charge in [0.15, 0.2) is 0 Å². The molecular weight excluding hydrogens is 430 g/mol. The van der Waals surface area contributed by atoms with Crippen LogP contribution in [0.5, 0.6) is 0 Å². The Morgan fingerprint density at radius 3 is 2.21 bits per heavy atom. The predicted octanol–water partition coefficient (Wildman–Crippen LogP) is 5.43. The third kappa shape index (κ3) is 9.08. The fourth-order valence-corrected chi connectivity index (χ4v) is 3.03. The Labute approximate surface area is 181 Å². The van der Waals surface area contributed by atoms with Gasteiger partial charge < -0.3 is 4.84 Å². The van der Waals surface area contributed by atoms with Crippen molar-refractivity contribution in [3.8, 4) is 11.8 Å². The molecule has 5 heteroatoms. The van der Waals surface area contributed by atoms with Crippen LogP contribution in [0.15, 0.2) is 53.0 Å². The molecule has 0 spiro atoms. The highest BCUT2D eigenvalue weighted by Gasteiger charge is 2.13. The van der Waals surface area contributed by atoms with Gasteiger partial charge in [-0.1, -0.05) is 78.2 Å². The normalized spacial score (nSPS) is 10.3. The van der Waals surface area contributed by atoms with Crippen molar-refractivity contribution in [3.05, 3.63) is 69.7 Å². The van der Waals surface area contributed by atoms with E-state index in [1.807, 2.05) is 48.5 Å². The predicted molar refractivity (Wildman–Crippen MR) is 118 cm³/mol. The van der Waals surface area contributed by atoms with Crippen LogP contribution >= 0.6 is 15.9 Å². The number of unbranched alkanes of at least 4 members (excludes halogenated alkanes) is 4. The standard InChI is InChI=1S/C24H26BrNO3/c1-2-3-4-5-6-7-8-20-9-11-21(12-10-20)17-26(29-24(28)19-27)18-22-13-15-23(25)16-14-22/h9-16,19H,2-6,17-18H2,1H3. The summed E-state index contributed by atoms with van der Waals surface area (Å²) in [6, 6.07) is 15.6. The fraction of sp³-hybridized carbons (Fsp3) is 0.333. The summed E-state index contributed by atoms with van der Waals surface area (Å²) in [4.78, 5) is 27.3. The Balaban J connectivity index is 1.96. The lowest BCUT2D eigenvalue weighted by atomic mass is 10.1. The number of nitrogens with zero attached hydrogens (tertiary/aromatic N) is 1. The lowest BCUT2D eigenvalue weighted by Gasteiger charge is -2.20. The Hall–Kier alpha value is -2.42. The molecule has 0 saturated carbocycles. The molecule has 0 amide bonds. The first-order chi connectivity index (χ1) is 14.1. The van der Waals surface area contributed by atoms with Crippen molar-refractivity contribution in [2.24, 2.45) is 0 Å². The van der Waals surface area contributed by atoms with E-state index < -0.39 is 5.97 Å². The van der Waals surface area contributed by atoms with Gasteiger partial charge in [0.2, 0.25) is 6.29 Å². The van der Waals surface area contributed by atoms with Crippen LogP contribution in [0.1, 0.15) is 55.7 Å². The van der Waals surface area contributed by atoms with Crippen LogP contribution in [-0.2, 0) is 27.5 Å². The Bertz CT molecular complexity index is 835. The van der Waals surface area contributed by atoms with Crippen LogP contribution in [0.2, 0.25) is 0 Å². The average Bonchev–Trinajstić information content (AvgIpc) is 2.73. The Kier molecular flexibility index (Phi) is 10.2. The fourth-order valence-electron chi connectivity index (χ4n) is 2.76. The van der Waals surface area contributed by atoms with Crippen molar-refractivity contribution in [1.82, 2.24) is 5.06 Å². The molecule has 2 aromatic rings. The maximum Gasteiger partial charge on any atom is 0.390 e. The summed E-state index contributed by atoms with van der Waals surface area (Å²) in [5.74, 6) is 5.50. The van der Waals surface area contributed by atoms with Crippen LogP contribution in [0.3, 0.4) is 0 Å². The minimum absolute atomic E-state index is 0.174. The molecule has 0 saturated heterocycles. The highest BCUT2D eigenvalue weighted by molar-refractivity contribution is 9.10. The van der Waals surface area contributed by atoms with E-state index in [0.717, 1.165) is 34.0 Å². The van der Waals surface area contributed by atoms with E-state index >= 15 is 0 Å².